The molecule has 0 fully saturated rings. The van der Waals surface area contributed by atoms with Crippen LogP contribution in [0.1, 0.15) is 0 Å². The summed E-state index contributed by atoms with van der Waals surface area (Å²) in [5, 5.41) is 0.250. The SMILES string of the molecule is NC1C(Cl)=CN=CC1Cl. The van der Waals surface area contributed by atoms with E-state index in [2.05, 4.69) is 4.99 Å². The summed E-state index contributed by atoms with van der Waals surface area (Å²) < 4.78 is 0. The van der Waals surface area contributed by atoms with Gasteiger partial charge in [0.2, 0.25) is 0 Å². The van der Waals surface area contributed by atoms with Gasteiger partial charge in [-0.1, -0.05) is 11.6 Å². The van der Waals surface area contributed by atoms with E-state index >= 15 is 0 Å². The minimum absolute atomic E-state index is 0.262. The molecular formula is C5H6Cl2N2. The van der Waals surface area contributed by atoms with Gasteiger partial charge in [-0.25, -0.2) is 0 Å². The van der Waals surface area contributed by atoms with Gasteiger partial charge in [-0.3, -0.25) is 4.99 Å². The lowest BCUT2D eigenvalue weighted by Crippen LogP contribution is -2.33. The number of halogens is 2. The van der Waals surface area contributed by atoms with Crippen LogP contribution in [0.3, 0.4) is 0 Å². The normalized spacial score (nSPS) is 34.3. The number of rotatable bonds is 0. The second-order valence-electron chi connectivity index (χ2n) is 1.78. The maximum atomic E-state index is 5.66. The second kappa shape index (κ2) is 2.69. The molecule has 2 N–H and O–H groups in total. The van der Waals surface area contributed by atoms with Crippen LogP contribution in [0.2, 0.25) is 0 Å². The van der Waals surface area contributed by atoms with Crippen LogP contribution in [0, 0.1) is 0 Å². The van der Waals surface area contributed by atoms with Crippen molar-refractivity contribution in [3.63, 3.8) is 0 Å². The molecule has 9 heavy (non-hydrogen) atoms. The van der Waals surface area contributed by atoms with Gasteiger partial charge in [-0.2, -0.15) is 0 Å². The number of aliphatic imine (C=N–C) groups is 1. The van der Waals surface area contributed by atoms with Crippen LogP contribution in [0.25, 0.3) is 0 Å². The van der Waals surface area contributed by atoms with Gasteiger partial charge in [0.15, 0.2) is 0 Å². The predicted octanol–water partition coefficient (Wildman–Crippen LogP) is 1.09. The fourth-order valence-electron chi connectivity index (χ4n) is 0.527. The second-order valence-corrected chi connectivity index (χ2v) is 2.72. The first-order valence-corrected chi connectivity index (χ1v) is 3.32. The molecule has 0 amide bonds. The lowest BCUT2D eigenvalue weighted by molar-refractivity contribution is 0.845. The van der Waals surface area contributed by atoms with Crippen molar-refractivity contribution in [2.75, 3.05) is 0 Å². The van der Waals surface area contributed by atoms with Gasteiger partial charge in [-0.05, 0) is 0 Å². The fourth-order valence-corrected chi connectivity index (χ4v) is 0.985. The molecule has 0 saturated carbocycles. The van der Waals surface area contributed by atoms with E-state index in [1.54, 1.807) is 6.21 Å². The molecule has 0 aromatic heterocycles. The first-order valence-electron chi connectivity index (χ1n) is 2.50. The molecule has 4 heteroatoms. The largest absolute Gasteiger partial charge is 0.322 e. The monoisotopic (exact) mass is 164 g/mol. The number of alkyl halides is 1. The Morgan fingerprint density at radius 2 is 2.33 bits per heavy atom. The highest BCUT2D eigenvalue weighted by molar-refractivity contribution is 6.34. The third-order valence-electron chi connectivity index (χ3n) is 1.09. The van der Waals surface area contributed by atoms with Gasteiger partial charge < -0.3 is 5.73 Å². The molecule has 0 radical (unpaired) electrons. The van der Waals surface area contributed by atoms with Crippen LogP contribution in [0.5, 0.6) is 0 Å². The third kappa shape index (κ3) is 1.45. The molecule has 0 bridgehead atoms. The van der Waals surface area contributed by atoms with Crippen molar-refractivity contribution >= 4 is 29.4 Å². The highest BCUT2D eigenvalue weighted by Crippen LogP contribution is 2.15. The number of hydrogen-bond donors (Lipinski definition) is 1. The summed E-state index contributed by atoms with van der Waals surface area (Å²) in [6.07, 6.45) is 3.07. The summed E-state index contributed by atoms with van der Waals surface area (Å²) in [6, 6.07) is -0.286. The Bertz CT molecular complexity index is 164. The summed E-state index contributed by atoms with van der Waals surface area (Å²) in [5.41, 5.74) is 5.50. The van der Waals surface area contributed by atoms with Crippen LogP contribution < -0.4 is 5.73 Å². The average Bonchev–Trinajstić information content (AvgIpc) is 1.83. The van der Waals surface area contributed by atoms with E-state index < -0.39 is 0 Å². The summed E-state index contributed by atoms with van der Waals surface area (Å²) >= 11 is 11.3. The predicted molar refractivity (Wildman–Crippen MR) is 40.0 cm³/mol. The third-order valence-corrected chi connectivity index (χ3v) is 1.82. The molecule has 1 aliphatic rings. The zero-order chi connectivity index (χ0) is 6.85. The van der Waals surface area contributed by atoms with E-state index in [0.29, 0.717) is 5.03 Å². The van der Waals surface area contributed by atoms with E-state index in [9.17, 15) is 0 Å². The van der Waals surface area contributed by atoms with E-state index in [0.717, 1.165) is 0 Å². The topological polar surface area (TPSA) is 38.4 Å². The quantitative estimate of drug-likeness (QED) is 0.536. The van der Waals surface area contributed by atoms with Crippen molar-refractivity contribution in [3.05, 3.63) is 11.2 Å². The molecule has 1 rings (SSSR count). The molecule has 1 aliphatic heterocycles. The Kier molecular flexibility index (Phi) is 2.11. The average molecular weight is 165 g/mol. The van der Waals surface area contributed by atoms with Crippen molar-refractivity contribution in [1.29, 1.82) is 0 Å². The molecular weight excluding hydrogens is 159 g/mol. The zero-order valence-corrected chi connectivity index (χ0v) is 6.10. The molecule has 2 unspecified atom stereocenters. The van der Waals surface area contributed by atoms with Crippen molar-refractivity contribution < 1.29 is 0 Å². The Morgan fingerprint density at radius 1 is 1.67 bits per heavy atom. The number of nitrogens with two attached hydrogens (primary N) is 1. The molecule has 0 saturated heterocycles. The molecule has 1 heterocycles. The Balaban J connectivity index is 2.73. The highest BCUT2D eigenvalue weighted by Gasteiger charge is 2.18. The Labute approximate surface area is 63.3 Å². The molecule has 2 nitrogen and oxygen atoms in total. The summed E-state index contributed by atoms with van der Waals surface area (Å²) in [4.78, 5) is 3.76. The van der Waals surface area contributed by atoms with Gasteiger partial charge in [-0.15, -0.1) is 11.6 Å². The molecule has 0 aliphatic carbocycles. The molecule has 0 spiro atoms. The van der Waals surface area contributed by atoms with E-state index in [4.69, 9.17) is 28.9 Å². The molecule has 0 aromatic rings. The Morgan fingerprint density at radius 3 is 2.78 bits per heavy atom. The maximum absolute atomic E-state index is 5.66. The van der Waals surface area contributed by atoms with Gasteiger partial charge in [0.25, 0.3) is 0 Å². The summed E-state index contributed by atoms with van der Waals surface area (Å²) in [6.45, 7) is 0. The highest BCUT2D eigenvalue weighted by atomic mass is 35.5. The van der Waals surface area contributed by atoms with Crippen LogP contribution in [0.4, 0.5) is 0 Å². The summed E-state index contributed by atoms with van der Waals surface area (Å²) in [5.74, 6) is 0. The van der Waals surface area contributed by atoms with Crippen LogP contribution in [0.15, 0.2) is 16.2 Å². The summed E-state index contributed by atoms with van der Waals surface area (Å²) in [7, 11) is 0. The Hall–Kier alpha value is -0.0500. The first kappa shape index (κ1) is 7.06. The van der Waals surface area contributed by atoms with Gasteiger partial charge >= 0.3 is 0 Å². The van der Waals surface area contributed by atoms with E-state index in [1.165, 1.54) is 6.20 Å². The minimum Gasteiger partial charge on any atom is -0.322 e. The lowest BCUT2D eigenvalue weighted by Gasteiger charge is -2.15. The van der Waals surface area contributed by atoms with Gasteiger partial charge in [0.05, 0.1) is 16.5 Å². The van der Waals surface area contributed by atoms with Gasteiger partial charge in [0.1, 0.15) is 0 Å². The maximum Gasteiger partial charge on any atom is 0.0889 e. The van der Waals surface area contributed by atoms with Gasteiger partial charge in [0, 0.05) is 12.4 Å². The van der Waals surface area contributed by atoms with E-state index in [1.807, 2.05) is 0 Å². The number of nitrogens with zero attached hydrogens (tertiary/aromatic N) is 1. The smallest absolute Gasteiger partial charge is 0.0889 e. The minimum atomic E-state index is -0.286. The van der Waals surface area contributed by atoms with Crippen LogP contribution >= 0.6 is 23.2 Å². The van der Waals surface area contributed by atoms with Crippen molar-refractivity contribution in [3.8, 4) is 0 Å². The molecule has 0 aromatic carbocycles. The van der Waals surface area contributed by atoms with E-state index in [-0.39, 0.29) is 11.4 Å². The molecule has 2 atom stereocenters. The van der Waals surface area contributed by atoms with Crippen LogP contribution in [-0.2, 0) is 0 Å². The van der Waals surface area contributed by atoms with Crippen molar-refractivity contribution in [1.82, 2.24) is 0 Å². The number of hydrogen-bond acceptors (Lipinski definition) is 2. The van der Waals surface area contributed by atoms with Crippen molar-refractivity contribution in [2.45, 2.75) is 11.4 Å². The first-order chi connectivity index (χ1) is 4.22. The fraction of sp³-hybridized carbons (Fsp3) is 0.400. The van der Waals surface area contributed by atoms with Crippen molar-refractivity contribution in [2.24, 2.45) is 10.7 Å². The lowest BCUT2D eigenvalue weighted by atomic mass is 10.2. The van der Waals surface area contributed by atoms with Crippen LogP contribution in [-0.4, -0.2) is 17.6 Å². The zero-order valence-electron chi connectivity index (χ0n) is 4.59. The molecule has 50 valence electrons. The standard InChI is InChI=1S/C5H6Cl2N2/c6-3-1-9-2-4(7)5(3)8/h1-3,5H,8H2.